The molecule has 2 fully saturated rings. The highest BCUT2D eigenvalue weighted by Crippen LogP contribution is 2.38. The summed E-state index contributed by atoms with van der Waals surface area (Å²) >= 11 is 0. The van der Waals surface area contributed by atoms with E-state index in [1.807, 2.05) is 14.1 Å². The van der Waals surface area contributed by atoms with E-state index >= 15 is 0 Å². The Labute approximate surface area is 84.5 Å². The molecule has 0 aromatic carbocycles. The van der Waals surface area contributed by atoms with Crippen LogP contribution in [0.15, 0.2) is 0 Å². The fraction of sp³-hybridized carbons (Fsp3) is 0.818. The summed E-state index contributed by atoms with van der Waals surface area (Å²) in [6, 6.07) is 0.492. The smallest absolute Gasteiger partial charge is 0.144 e. The molecular formula is C11H17NO2. The Kier molecular flexibility index (Phi) is 2.43. The lowest BCUT2D eigenvalue weighted by atomic mass is 9.78. The SMILES string of the molecule is CN(C)C1CCC2C(=O)CC(=O)C2C1. The maximum absolute atomic E-state index is 11.5. The second-order valence-corrected chi connectivity index (χ2v) is 4.75. The van der Waals surface area contributed by atoms with Crippen molar-refractivity contribution >= 4 is 11.6 Å². The Morgan fingerprint density at radius 2 is 1.71 bits per heavy atom. The first-order chi connectivity index (χ1) is 6.59. The minimum atomic E-state index is 0.0450. The predicted octanol–water partition coefficient (Wildman–Crippen LogP) is 0.875. The van der Waals surface area contributed by atoms with Crippen LogP contribution in [0.3, 0.4) is 0 Å². The van der Waals surface area contributed by atoms with E-state index in [2.05, 4.69) is 4.90 Å². The summed E-state index contributed by atoms with van der Waals surface area (Å²) in [5.41, 5.74) is 0. The van der Waals surface area contributed by atoms with E-state index in [1.165, 1.54) is 0 Å². The molecule has 2 aliphatic rings. The van der Waals surface area contributed by atoms with Crippen molar-refractivity contribution in [3.63, 3.8) is 0 Å². The Morgan fingerprint density at radius 3 is 2.36 bits per heavy atom. The number of ketones is 2. The van der Waals surface area contributed by atoms with Gasteiger partial charge in [-0.25, -0.2) is 0 Å². The fourth-order valence-corrected chi connectivity index (χ4v) is 2.79. The number of Topliss-reactive ketones (excluding diaryl/α,β-unsaturated/α-hetero) is 2. The summed E-state index contributed by atoms with van der Waals surface area (Å²) in [4.78, 5) is 25.2. The minimum Gasteiger partial charge on any atom is -0.306 e. The summed E-state index contributed by atoms with van der Waals surface area (Å²) in [5, 5.41) is 0. The summed E-state index contributed by atoms with van der Waals surface area (Å²) in [5.74, 6) is 0.492. The van der Waals surface area contributed by atoms with Crippen molar-refractivity contribution in [3.8, 4) is 0 Å². The van der Waals surface area contributed by atoms with Gasteiger partial charge in [-0.1, -0.05) is 0 Å². The molecule has 14 heavy (non-hydrogen) atoms. The molecule has 0 saturated heterocycles. The molecule has 0 N–H and O–H groups in total. The van der Waals surface area contributed by atoms with Crippen LogP contribution in [0.4, 0.5) is 0 Å². The van der Waals surface area contributed by atoms with Crippen LogP contribution < -0.4 is 0 Å². The first-order valence-corrected chi connectivity index (χ1v) is 5.31. The van der Waals surface area contributed by atoms with Crippen molar-refractivity contribution in [3.05, 3.63) is 0 Å². The van der Waals surface area contributed by atoms with Crippen LogP contribution in [0.1, 0.15) is 25.7 Å². The number of carbonyl (C=O) groups excluding carboxylic acids is 2. The zero-order valence-electron chi connectivity index (χ0n) is 8.82. The summed E-state index contributed by atoms with van der Waals surface area (Å²) in [6.07, 6.45) is 3.07. The average Bonchev–Trinajstić information content (AvgIpc) is 2.42. The van der Waals surface area contributed by atoms with Gasteiger partial charge in [0, 0.05) is 17.9 Å². The van der Waals surface area contributed by atoms with Gasteiger partial charge in [-0.3, -0.25) is 9.59 Å². The molecule has 0 bridgehead atoms. The van der Waals surface area contributed by atoms with Crippen molar-refractivity contribution in [2.45, 2.75) is 31.7 Å². The molecule has 3 nitrogen and oxygen atoms in total. The van der Waals surface area contributed by atoms with E-state index in [-0.39, 0.29) is 29.8 Å². The molecule has 2 saturated carbocycles. The van der Waals surface area contributed by atoms with Gasteiger partial charge in [0.1, 0.15) is 11.6 Å². The van der Waals surface area contributed by atoms with Crippen molar-refractivity contribution in [2.24, 2.45) is 11.8 Å². The van der Waals surface area contributed by atoms with Crippen LogP contribution in [0.2, 0.25) is 0 Å². The molecule has 0 aromatic heterocycles. The van der Waals surface area contributed by atoms with Crippen molar-refractivity contribution in [1.82, 2.24) is 4.90 Å². The minimum absolute atomic E-state index is 0.0450. The van der Waals surface area contributed by atoms with E-state index in [9.17, 15) is 9.59 Å². The van der Waals surface area contributed by atoms with Gasteiger partial charge in [0.05, 0.1) is 6.42 Å². The predicted molar refractivity (Wildman–Crippen MR) is 52.9 cm³/mol. The molecule has 0 aliphatic heterocycles. The molecule has 78 valence electrons. The van der Waals surface area contributed by atoms with Gasteiger partial charge < -0.3 is 4.90 Å². The number of carbonyl (C=O) groups is 2. The molecule has 0 amide bonds. The number of hydrogen-bond donors (Lipinski definition) is 0. The molecule has 3 atom stereocenters. The number of rotatable bonds is 1. The highest BCUT2D eigenvalue weighted by molar-refractivity contribution is 6.08. The van der Waals surface area contributed by atoms with Gasteiger partial charge >= 0.3 is 0 Å². The van der Waals surface area contributed by atoms with Gasteiger partial charge in [0.25, 0.3) is 0 Å². The highest BCUT2D eigenvalue weighted by atomic mass is 16.2. The van der Waals surface area contributed by atoms with E-state index in [1.54, 1.807) is 0 Å². The Bertz CT molecular complexity index is 272. The Balaban J connectivity index is 2.09. The van der Waals surface area contributed by atoms with Gasteiger partial charge in [-0.15, -0.1) is 0 Å². The van der Waals surface area contributed by atoms with Gasteiger partial charge in [-0.2, -0.15) is 0 Å². The zero-order valence-corrected chi connectivity index (χ0v) is 8.82. The molecule has 2 aliphatic carbocycles. The second kappa shape index (κ2) is 3.46. The van der Waals surface area contributed by atoms with Crippen LogP contribution in [0.5, 0.6) is 0 Å². The van der Waals surface area contributed by atoms with Crippen LogP contribution in [0.25, 0.3) is 0 Å². The highest BCUT2D eigenvalue weighted by Gasteiger charge is 2.45. The molecular weight excluding hydrogens is 178 g/mol. The first-order valence-electron chi connectivity index (χ1n) is 5.31. The van der Waals surface area contributed by atoms with E-state index in [0.29, 0.717) is 6.04 Å². The standard InChI is InChI=1S/C11H17NO2/c1-12(2)7-3-4-8-9(5-7)11(14)6-10(8)13/h7-9H,3-6H2,1-2H3. The van der Waals surface area contributed by atoms with E-state index < -0.39 is 0 Å². The zero-order chi connectivity index (χ0) is 10.3. The van der Waals surface area contributed by atoms with Crippen LogP contribution in [0, 0.1) is 11.8 Å². The summed E-state index contributed by atoms with van der Waals surface area (Å²) in [7, 11) is 4.10. The van der Waals surface area contributed by atoms with Gasteiger partial charge in [0.15, 0.2) is 0 Å². The lowest BCUT2D eigenvalue weighted by Gasteiger charge is -2.33. The van der Waals surface area contributed by atoms with Crippen molar-refractivity contribution in [2.75, 3.05) is 14.1 Å². The second-order valence-electron chi connectivity index (χ2n) is 4.75. The average molecular weight is 195 g/mol. The van der Waals surface area contributed by atoms with E-state index in [0.717, 1.165) is 19.3 Å². The molecule has 0 radical (unpaired) electrons. The largest absolute Gasteiger partial charge is 0.306 e. The van der Waals surface area contributed by atoms with Crippen LogP contribution in [-0.2, 0) is 9.59 Å². The molecule has 3 heteroatoms. The van der Waals surface area contributed by atoms with Crippen LogP contribution in [-0.4, -0.2) is 36.6 Å². The summed E-state index contributed by atoms with van der Waals surface area (Å²) < 4.78 is 0. The lowest BCUT2D eigenvalue weighted by molar-refractivity contribution is -0.122. The molecule has 0 aromatic rings. The fourth-order valence-electron chi connectivity index (χ4n) is 2.79. The third-order valence-electron chi connectivity index (χ3n) is 3.73. The van der Waals surface area contributed by atoms with Crippen molar-refractivity contribution in [1.29, 1.82) is 0 Å². The number of hydrogen-bond acceptors (Lipinski definition) is 3. The first kappa shape index (κ1) is 9.84. The maximum Gasteiger partial charge on any atom is 0.144 e. The molecule has 0 spiro atoms. The maximum atomic E-state index is 11.5. The Hall–Kier alpha value is -0.700. The number of fused-ring (bicyclic) bond motifs is 1. The van der Waals surface area contributed by atoms with Crippen LogP contribution >= 0.6 is 0 Å². The van der Waals surface area contributed by atoms with E-state index in [4.69, 9.17) is 0 Å². The monoisotopic (exact) mass is 195 g/mol. The quantitative estimate of drug-likeness (QED) is 0.583. The summed E-state index contributed by atoms with van der Waals surface area (Å²) in [6.45, 7) is 0. The topological polar surface area (TPSA) is 37.4 Å². The number of nitrogens with zero attached hydrogens (tertiary/aromatic N) is 1. The van der Waals surface area contributed by atoms with Gasteiger partial charge in [0.2, 0.25) is 0 Å². The lowest BCUT2D eigenvalue weighted by Crippen LogP contribution is -2.37. The third kappa shape index (κ3) is 1.50. The molecule has 2 rings (SSSR count). The third-order valence-corrected chi connectivity index (χ3v) is 3.73. The Morgan fingerprint density at radius 1 is 1.07 bits per heavy atom. The van der Waals surface area contributed by atoms with Crippen molar-refractivity contribution < 1.29 is 9.59 Å². The van der Waals surface area contributed by atoms with Gasteiger partial charge in [-0.05, 0) is 33.4 Å². The normalized spacial score (nSPS) is 37.8. The molecule has 0 heterocycles. The molecule has 3 unspecified atom stereocenters.